The molecule has 1 fully saturated rings. The van der Waals surface area contributed by atoms with Gasteiger partial charge in [0.15, 0.2) is 11.5 Å². The fourth-order valence-corrected chi connectivity index (χ4v) is 3.67. The molecule has 11 heteroatoms. The van der Waals surface area contributed by atoms with E-state index in [1.807, 2.05) is 0 Å². The highest BCUT2D eigenvalue weighted by molar-refractivity contribution is 6.30. The maximum absolute atomic E-state index is 13.6. The molecule has 3 atom stereocenters. The first-order chi connectivity index (χ1) is 15.0. The Balaban J connectivity index is 1.92. The van der Waals surface area contributed by atoms with Crippen LogP contribution in [0.5, 0.6) is 11.5 Å². The van der Waals surface area contributed by atoms with Crippen LogP contribution in [-0.4, -0.2) is 35.9 Å². The smallest absolute Gasteiger partial charge is 0.437 e. The second kappa shape index (κ2) is 8.87. The summed E-state index contributed by atoms with van der Waals surface area (Å²) in [6.45, 7) is 1.08. The Bertz CT molecular complexity index is 1020. The first-order valence-electron chi connectivity index (χ1n) is 9.39. The largest absolute Gasteiger partial charge is 0.493 e. The number of nitrogens with one attached hydrogen (secondary N) is 2. The molecule has 0 saturated carbocycles. The molecule has 0 radical (unpaired) electrons. The number of hydrogen-bond donors (Lipinski definition) is 3. The van der Waals surface area contributed by atoms with Crippen molar-refractivity contribution < 1.29 is 37.3 Å². The fraction of sp³-hybridized carbons (Fsp3) is 0.333. The van der Waals surface area contributed by atoms with Crippen LogP contribution in [-0.2, 0) is 11.4 Å². The van der Waals surface area contributed by atoms with Gasteiger partial charge in [-0.3, -0.25) is 4.79 Å². The van der Waals surface area contributed by atoms with E-state index in [1.54, 1.807) is 24.3 Å². The lowest BCUT2D eigenvalue weighted by Gasteiger charge is -2.44. The SMILES string of the molecule is COc1cc([C@@H]2NC(=O)N[C@](O)(C(F)(F)F)[C@H]2C(C)=O)ccc1OCc1ccc(Cl)cc1. The Hall–Kier alpha value is -2.98. The number of ether oxygens (including phenoxy) is 2. The van der Waals surface area contributed by atoms with E-state index in [1.165, 1.54) is 30.6 Å². The second-order valence-electron chi connectivity index (χ2n) is 7.25. The number of carbonyl (C=O) groups excluding carboxylic acids is 2. The number of methoxy groups -OCH3 is 1. The van der Waals surface area contributed by atoms with Crippen LogP contribution in [0.4, 0.5) is 18.0 Å². The zero-order valence-corrected chi connectivity index (χ0v) is 17.8. The molecule has 1 heterocycles. The maximum Gasteiger partial charge on any atom is 0.437 e. The van der Waals surface area contributed by atoms with Gasteiger partial charge in [-0.1, -0.05) is 29.8 Å². The number of amides is 2. The molecule has 2 amide bonds. The molecule has 0 unspecified atom stereocenters. The number of rotatable bonds is 6. The molecule has 32 heavy (non-hydrogen) atoms. The van der Waals surface area contributed by atoms with Crippen LogP contribution >= 0.6 is 11.6 Å². The minimum absolute atomic E-state index is 0.124. The van der Waals surface area contributed by atoms with E-state index in [0.29, 0.717) is 5.02 Å². The molecule has 3 rings (SSSR count). The number of benzene rings is 2. The second-order valence-corrected chi connectivity index (χ2v) is 7.69. The maximum atomic E-state index is 13.6. The van der Waals surface area contributed by atoms with E-state index in [2.05, 4.69) is 5.32 Å². The van der Waals surface area contributed by atoms with Gasteiger partial charge >= 0.3 is 12.2 Å². The van der Waals surface area contributed by atoms with Crippen LogP contribution in [0.1, 0.15) is 24.1 Å². The standard InChI is InChI=1S/C21H20ClF3N2O5/c1-11(28)17-18(26-19(29)27-20(17,30)21(23,24)25)13-5-8-15(16(9-13)31-2)32-10-12-3-6-14(22)7-4-12/h3-9,17-18,30H,10H2,1-2H3,(H2,26,27,29)/t17-,18-,20+/m0/s1. The van der Waals surface area contributed by atoms with Crippen LogP contribution in [0.3, 0.4) is 0 Å². The average molecular weight is 473 g/mol. The summed E-state index contributed by atoms with van der Waals surface area (Å²) in [5.74, 6) is -2.55. The van der Waals surface area contributed by atoms with Gasteiger partial charge in [0.25, 0.3) is 0 Å². The zero-order valence-electron chi connectivity index (χ0n) is 17.0. The molecular weight excluding hydrogens is 453 g/mol. The highest BCUT2D eigenvalue weighted by atomic mass is 35.5. The molecular formula is C21H20ClF3N2O5. The van der Waals surface area contributed by atoms with Gasteiger partial charge in [0.2, 0.25) is 5.72 Å². The van der Waals surface area contributed by atoms with Gasteiger partial charge in [-0.05, 0) is 42.3 Å². The van der Waals surface area contributed by atoms with Gasteiger partial charge in [0, 0.05) is 5.02 Å². The number of alkyl halides is 3. The lowest BCUT2D eigenvalue weighted by molar-refractivity contribution is -0.290. The molecule has 2 aromatic carbocycles. The van der Waals surface area contributed by atoms with Crippen molar-refractivity contribution in [3.05, 3.63) is 58.6 Å². The van der Waals surface area contributed by atoms with E-state index in [-0.39, 0.29) is 23.7 Å². The summed E-state index contributed by atoms with van der Waals surface area (Å²) in [5.41, 5.74) is -2.79. The highest BCUT2D eigenvalue weighted by Gasteiger charge is 2.65. The third kappa shape index (κ3) is 4.61. The number of halogens is 4. The quantitative estimate of drug-likeness (QED) is 0.595. The highest BCUT2D eigenvalue weighted by Crippen LogP contribution is 2.44. The first-order valence-corrected chi connectivity index (χ1v) is 9.77. The molecule has 2 aromatic rings. The predicted octanol–water partition coefficient (Wildman–Crippen LogP) is 3.74. The Morgan fingerprint density at radius 1 is 1.19 bits per heavy atom. The van der Waals surface area contributed by atoms with Crippen LogP contribution in [0.25, 0.3) is 0 Å². The molecule has 0 spiro atoms. The van der Waals surface area contributed by atoms with Crippen molar-refractivity contribution in [3.63, 3.8) is 0 Å². The molecule has 0 aliphatic carbocycles. The Labute approximate surface area is 186 Å². The summed E-state index contributed by atoms with van der Waals surface area (Å²) >= 11 is 5.85. The Morgan fingerprint density at radius 3 is 2.41 bits per heavy atom. The molecule has 0 bridgehead atoms. The first kappa shape index (κ1) is 23.7. The van der Waals surface area contributed by atoms with Crippen molar-refractivity contribution in [2.75, 3.05) is 7.11 Å². The normalized spacial score (nSPS) is 23.2. The molecule has 3 N–H and O–H groups in total. The summed E-state index contributed by atoms with van der Waals surface area (Å²) in [4.78, 5) is 24.1. The van der Waals surface area contributed by atoms with Crippen molar-refractivity contribution in [2.45, 2.75) is 31.5 Å². The van der Waals surface area contributed by atoms with Gasteiger partial charge < -0.3 is 25.2 Å². The Morgan fingerprint density at radius 2 is 1.84 bits per heavy atom. The van der Waals surface area contributed by atoms with Gasteiger partial charge in [-0.2, -0.15) is 13.2 Å². The molecule has 7 nitrogen and oxygen atoms in total. The van der Waals surface area contributed by atoms with E-state index in [4.69, 9.17) is 21.1 Å². The van der Waals surface area contributed by atoms with Crippen LogP contribution in [0.15, 0.2) is 42.5 Å². The van der Waals surface area contributed by atoms with Crippen molar-refractivity contribution in [1.29, 1.82) is 0 Å². The molecule has 172 valence electrons. The number of hydrogen-bond acceptors (Lipinski definition) is 5. The number of urea groups is 1. The monoisotopic (exact) mass is 472 g/mol. The van der Waals surface area contributed by atoms with Crippen molar-refractivity contribution >= 4 is 23.4 Å². The van der Waals surface area contributed by atoms with Crippen molar-refractivity contribution in [2.24, 2.45) is 5.92 Å². The van der Waals surface area contributed by atoms with Crippen molar-refractivity contribution in [1.82, 2.24) is 10.6 Å². The van der Waals surface area contributed by atoms with Gasteiger partial charge in [-0.25, -0.2) is 4.79 Å². The summed E-state index contributed by atoms with van der Waals surface area (Å²) in [6.07, 6.45) is -5.29. The van der Waals surface area contributed by atoms with E-state index < -0.39 is 35.7 Å². The van der Waals surface area contributed by atoms with Crippen molar-refractivity contribution in [3.8, 4) is 11.5 Å². The number of Topliss-reactive ketones (excluding diaryl/α,β-unsaturated/α-hetero) is 1. The van der Waals surface area contributed by atoms with E-state index in [9.17, 15) is 27.9 Å². The third-order valence-electron chi connectivity index (χ3n) is 5.10. The number of aliphatic hydroxyl groups is 1. The van der Waals surface area contributed by atoms with Gasteiger partial charge in [-0.15, -0.1) is 0 Å². The predicted molar refractivity (Wildman–Crippen MR) is 108 cm³/mol. The summed E-state index contributed by atoms with van der Waals surface area (Å²) in [5, 5.41) is 14.6. The third-order valence-corrected chi connectivity index (χ3v) is 5.35. The van der Waals surface area contributed by atoms with Gasteiger partial charge in [0.05, 0.1) is 19.1 Å². The fourth-order valence-electron chi connectivity index (χ4n) is 3.54. The van der Waals surface area contributed by atoms with Crippen LogP contribution in [0, 0.1) is 5.92 Å². The summed E-state index contributed by atoms with van der Waals surface area (Å²) in [6, 6.07) is 8.38. The Kier molecular flexibility index (Phi) is 6.56. The van der Waals surface area contributed by atoms with Crippen LogP contribution in [0.2, 0.25) is 5.02 Å². The van der Waals surface area contributed by atoms with E-state index in [0.717, 1.165) is 12.5 Å². The molecule has 1 saturated heterocycles. The number of carbonyl (C=O) groups is 2. The van der Waals surface area contributed by atoms with E-state index >= 15 is 0 Å². The lowest BCUT2D eigenvalue weighted by Crippen LogP contribution is -2.72. The average Bonchev–Trinajstić information content (AvgIpc) is 2.71. The summed E-state index contributed by atoms with van der Waals surface area (Å²) < 4.78 is 51.8. The zero-order chi connectivity index (χ0) is 23.7. The van der Waals surface area contributed by atoms with Gasteiger partial charge in [0.1, 0.15) is 12.4 Å². The molecule has 1 aliphatic heterocycles. The van der Waals surface area contributed by atoms with Crippen LogP contribution < -0.4 is 20.1 Å². The molecule has 1 aliphatic rings. The minimum atomic E-state index is -5.29. The summed E-state index contributed by atoms with van der Waals surface area (Å²) in [7, 11) is 1.34. The minimum Gasteiger partial charge on any atom is -0.493 e. The lowest BCUT2D eigenvalue weighted by atomic mass is 9.79. The molecule has 0 aromatic heterocycles. The number of ketones is 1. The topological polar surface area (TPSA) is 96.9 Å².